The van der Waals surface area contributed by atoms with Crippen molar-refractivity contribution >= 4 is 98.3 Å². The van der Waals surface area contributed by atoms with Crippen LogP contribution in [0.3, 0.4) is 0 Å². The summed E-state index contributed by atoms with van der Waals surface area (Å²) < 4.78 is 30.7. The van der Waals surface area contributed by atoms with Crippen LogP contribution in [0.25, 0.3) is 84.5 Å². The minimum absolute atomic E-state index is 0.278. The number of hydrogen-bond acceptors (Lipinski definition) is 6. The van der Waals surface area contributed by atoms with Gasteiger partial charge in [-0.1, -0.05) is 66.1 Å². The molecule has 1 N–H and O–H groups in total. The second-order valence-electron chi connectivity index (χ2n) is 13.2. The van der Waals surface area contributed by atoms with Gasteiger partial charge in [0.2, 0.25) is 0 Å². The number of phenolic OH excluding ortho intramolecular Hbond substituents is 1. The fraction of sp³-hybridized carbons (Fsp3) is 0.111. The van der Waals surface area contributed by atoms with E-state index in [1.807, 2.05) is 38.1 Å². The Balaban J connectivity index is 0.000000141. The van der Waals surface area contributed by atoms with Crippen molar-refractivity contribution in [3.8, 4) is 33.8 Å². The van der Waals surface area contributed by atoms with Gasteiger partial charge in [-0.2, -0.15) is 0 Å². The zero-order valence-electron chi connectivity index (χ0n) is 30.3. The van der Waals surface area contributed by atoms with Gasteiger partial charge in [-0.25, -0.2) is 0 Å². The van der Waals surface area contributed by atoms with E-state index in [4.69, 9.17) is 22.8 Å². The summed E-state index contributed by atoms with van der Waals surface area (Å²) in [4.78, 5) is 0. The van der Waals surface area contributed by atoms with Crippen molar-refractivity contribution in [2.75, 3.05) is 7.11 Å². The van der Waals surface area contributed by atoms with E-state index in [-0.39, 0.29) is 11.8 Å². The molecule has 0 saturated carbocycles. The predicted molar refractivity (Wildman–Crippen MR) is 222 cm³/mol. The fourth-order valence-corrected chi connectivity index (χ4v) is 9.78. The zero-order valence-corrected chi connectivity index (χ0v) is 30.9. The number of aromatic hydroxyl groups is 1. The van der Waals surface area contributed by atoms with Crippen molar-refractivity contribution < 1.29 is 20.0 Å². The van der Waals surface area contributed by atoms with E-state index in [2.05, 4.69) is 74.5 Å². The molecule has 0 unspecified atom stereocenters. The number of methoxy groups -OCH3 is 1. The lowest BCUT2D eigenvalue weighted by molar-refractivity contribution is 0.418. The van der Waals surface area contributed by atoms with E-state index < -0.39 is 0 Å². The molecule has 10 rings (SSSR count). The maximum Gasteiger partial charge on any atom is 0.136 e. The van der Waals surface area contributed by atoms with Gasteiger partial charge in [0.1, 0.15) is 42.0 Å². The summed E-state index contributed by atoms with van der Waals surface area (Å²) in [5.74, 6) is 2.55. The highest BCUT2D eigenvalue weighted by atomic mass is 32.1. The second-order valence-corrected chi connectivity index (χ2v) is 15.3. The van der Waals surface area contributed by atoms with E-state index in [9.17, 15) is 5.11 Å². The number of benzene rings is 6. The fourth-order valence-electron chi connectivity index (χ4n) is 7.50. The quantitative estimate of drug-likeness (QED) is 0.185. The molecule has 252 valence electrons. The van der Waals surface area contributed by atoms with Crippen LogP contribution in [0.2, 0.25) is 0 Å². The molecular formula is C45H33BO4S2. The highest BCUT2D eigenvalue weighted by Gasteiger charge is 2.22. The number of rotatable bonds is 3. The summed E-state index contributed by atoms with van der Waals surface area (Å²) >= 11 is 3.55. The Morgan fingerprint density at radius 3 is 1.62 bits per heavy atom. The van der Waals surface area contributed by atoms with Crippen molar-refractivity contribution in [1.29, 1.82) is 0 Å². The maximum atomic E-state index is 9.70. The number of phenols is 1. The minimum Gasteiger partial charge on any atom is -0.508 e. The molecule has 6 aromatic carbocycles. The lowest BCUT2D eigenvalue weighted by atomic mass is 9.88. The summed E-state index contributed by atoms with van der Waals surface area (Å²) in [6.45, 7) is 8.21. The lowest BCUT2D eigenvalue weighted by Gasteiger charge is -2.11. The standard InChI is InChI=1S/C23H17BO2S.C22H16O2S/c1-12-13(2)26-18-11-20-23(15-6-4-5-7-19(15)27-20)22(21(12)18)14-8-9-17(25-3)16(24)10-14;1-12-13(2)24-17-11-19-22(16-5-3-4-6-18(16)25-19)21(20(12)17)14-7-9-15(23)10-8-14/h4-11H,1-3H3;3-11,23H,1-2H3/i9D;. The van der Waals surface area contributed by atoms with Crippen molar-refractivity contribution in [2.24, 2.45) is 0 Å². The maximum absolute atomic E-state index is 9.70. The molecule has 7 heteroatoms. The van der Waals surface area contributed by atoms with Crippen LogP contribution in [0, 0.1) is 27.7 Å². The molecule has 0 bridgehead atoms. The predicted octanol–water partition coefficient (Wildman–Crippen LogP) is 12.7. The van der Waals surface area contributed by atoms with Gasteiger partial charge in [-0.15, -0.1) is 22.7 Å². The van der Waals surface area contributed by atoms with Gasteiger partial charge < -0.3 is 18.7 Å². The van der Waals surface area contributed by atoms with Crippen LogP contribution < -0.4 is 10.2 Å². The third-order valence-electron chi connectivity index (χ3n) is 10.2. The first-order valence-corrected chi connectivity index (χ1v) is 18.7. The van der Waals surface area contributed by atoms with Crippen molar-refractivity contribution in [3.63, 3.8) is 0 Å². The van der Waals surface area contributed by atoms with Gasteiger partial charge >= 0.3 is 0 Å². The van der Waals surface area contributed by atoms with Gasteiger partial charge in [0.15, 0.2) is 0 Å². The third kappa shape index (κ3) is 5.02. The lowest BCUT2D eigenvalue weighted by Crippen LogP contribution is -2.07. The molecule has 0 amide bonds. The number of thiophene rings is 2. The normalized spacial score (nSPS) is 12.0. The summed E-state index contributed by atoms with van der Waals surface area (Å²) in [5, 5.41) is 16.9. The molecule has 10 aromatic rings. The number of ether oxygens (including phenoxy) is 1. The molecule has 0 aliphatic heterocycles. The van der Waals surface area contributed by atoms with Gasteiger partial charge in [-0.3, -0.25) is 0 Å². The van der Waals surface area contributed by atoms with Gasteiger partial charge in [0.25, 0.3) is 0 Å². The summed E-state index contributed by atoms with van der Waals surface area (Å²) in [5.41, 5.74) is 8.82. The van der Waals surface area contributed by atoms with Crippen molar-refractivity contribution in [1.82, 2.24) is 0 Å². The largest absolute Gasteiger partial charge is 0.508 e. The molecule has 52 heavy (non-hydrogen) atoms. The first-order chi connectivity index (χ1) is 25.6. The van der Waals surface area contributed by atoms with E-state index in [1.54, 1.807) is 34.8 Å². The molecule has 0 aliphatic carbocycles. The average Bonchev–Trinajstić information content (AvgIpc) is 3.87. The first-order valence-electron chi connectivity index (χ1n) is 17.5. The second kappa shape index (κ2) is 12.3. The number of fused-ring (bicyclic) bond motifs is 8. The van der Waals surface area contributed by atoms with Crippen LogP contribution in [0.4, 0.5) is 0 Å². The van der Waals surface area contributed by atoms with Crippen LogP contribution in [-0.2, 0) is 0 Å². The molecule has 4 heterocycles. The highest BCUT2D eigenvalue weighted by Crippen LogP contribution is 2.48. The summed E-state index contributed by atoms with van der Waals surface area (Å²) in [6.07, 6.45) is 0. The molecule has 0 fully saturated rings. The van der Waals surface area contributed by atoms with Crippen molar-refractivity contribution in [3.05, 3.63) is 126 Å². The SMILES string of the molecule is Cc1oc2cc3sc4ccccc4c3c(-c3ccc(O)cc3)c2c1C.[2H]c1cc(-c2c3c(C)c(C)oc3cc3sc4ccccc4c23)cc([B])c1OC. The Morgan fingerprint density at radius 1 is 0.615 bits per heavy atom. The molecule has 4 nitrogen and oxygen atoms in total. The minimum atomic E-state index is 0.278. The molecule has 0 saturated heterocycles. The van der Waals surface area contributed by atoms with Crippen LogP contribution >= 0.6 is 22.7 Å². The van der Waals surface area contributed by atoms with Crippen LogP contribution in [-0.4, -0.2) is 20.1 Å². The van der Waals surface area contributed by atoms with Gasteiger partial charge in [0, 0.05) is 62.2 Å². The van der Waals surface area contributed by atoms with Gasteiger partial charge in [0.05, 0.1) is 8.48 Å². The smallest absolute Gasteiger partial charge is 0.136 e. The van der Waals surface area contributed by atoms with E-state index in [0.717, 1.165) is 50.3 Å². The average molecular weight is 714 g/mol. The Labute approximate surface area is 311 Å². The Bertz CT molecular complexity index is 3050. The number of hydrogen-bond donors (Lipinski definition) is 1. The first kappa shape index (κ1) is 31.3. The number of furan rings is 2. The molecule has 4 aromatic heterocycles. The molecule has 0 spiro atoms. The van der Waals surface area contributed by atoms with Crippen LogP contribution in [0.15, 0.2) is 112 Å². The molecule has 2 radical (unpaired) electrons. The number of aryl methyl sites for hydroxylation is 4. The van der Waals surface area contributed by atoms with Crippen molar-refractivity contribution in [2.45, 2.75) is 27.7 Å². The zero-order chi connectivity index (χ0) is 36.7. The Morgan fingerprint density at radius 2 is 1.12 bits per heavy atom. The summed E-state index contributed by atoms with van der Waals surface area (Å²) in [7, 11) is 7.76. The summed E-state index contributed by atoms with van der Waals surface area (Å²) in [6, 6.07) is 32.7. The molecule has 0 atom stereocenters. The van der Waals surface area contributed by atoms with Gasteiger partial charge in [-0.05, 0) is 92.4 Å². The van der Waals surface area contributed by atoms with Crippen LogP contribution in [0.1, 0.15) is 24.0 Å². The van der Waals surface area contributed by atoms with E-state index >= 15 is 0 Å². The molecular weight excluding hydrogens is 679 g/mol. The topological polar surface area (TPSA) is 55.7 Å². The van der Waals surface area contributed by atoms with E-state index in [0.29, 0.717) is 11.2 Å². The Kier molecular flexibility index (Phi) is 7.41. The Hall–Kier alpha value is -5.50. The van der Waals surface area contributed by atoms with Crippen LogP contribution in [0.5, 0.6) is 11.5 Å². The third-order valence-corrected chi connectivity index (χ3v) is 12.4. The molecule has 0 aliphatic rings. The monoisotopic (exact) mass is 713 g/mol. The highest BCUT2D eigenvalue weighted by molar-refractivity contribution is 7.26. The van der Waals surface area contributed by atoms with E-state index in [1.165, 1.54) is 64.0 Å².